The molecule has 24 heavy (non-hydrogen) atoms. The summed E-state index contributed by atoms with van der Waals surface area (Å²) in [6.45, 7) is 6.14. The molecule has 2 heterocycles. The zero-order valence-electron chi connectivity index (χ0n) is 14.8. The first kappa shape index (κ1) is 15.6. The summed E-state index contributed by atoms with van der Waals surface area (Å²) in [5, 5.41) is 5.39. The maximum absolute atomic E-state index is 13.3. The molecule has 2 saturated carbocycles. The minimum Gasteiger partial charge on any atom is -0.333 e. The van der Waals surface area contributed by atoms with Gasteiger partial charge in [-0.15, -0.1) is 0 Å². The van der Waals surface area contributed by atoms with Crippen molar-refractivity contribution < 1.29 is 4.79 Å². The van der Waals surface area contributed by atoms with Crippen molar-refractivity contribution in [1.82, 2.24) is 19.7 Å². The first-order valence-corrected chi connectivity index (χ1v) is 9.24. The number of nitrogens with zero attached hydrogens (tertiary/aromatic N) is 4. The lowest BCUT2D eigenvalue weighted by molar-refractivity contribution is 0.0663. The molecule has 0 spiro atoms. The van der Waals surface area contributed by atoms with E-state index in [0.717, 1.165) is 48.0 Å². The molecule has 1 amide bonds. The van der Waals surface area contributed by atoms with Gasteiger partial charge in [-0.05, 0) is 52.5 Å². The van der Waals surface area contributed by atoms with Crippen LogP contribution in [0.2, 0.25) is 0 Å². The van der Waals surface area contributed by atoms with Crippen LogP contribution in [0.1, 0.15) is 74.5 Å². The number of aryl methyl sites for hydroxylation is 1. The molecule has 2 aromatic heterocycles. The Bertz CT molecular complexity index is 769. The number of rotatable bonds is 4. The highest BCUT2D eigenvalue weighted by Crippen LogP contribution is 2.36. The Kier molecular flexibility index (Phi) is 3.82. The third kappa shape index (κ3) is 2.60. The van der Waals surface area contributed by atoms with E-state index in [1.165, 1.54) is 12.8 Å². The molecule has 2 aliphatic carbocycles. The van der Waals surface area contributed by atoms with Gasteiger partial charge in [0.15, 0.2) is 5.65 Å². The van der Waals surface area contributed by atoms with Gasteiger partial charge in [-0.2, -0.15) is 5.10 Å². The fraction of sp³-hybridized carbons (Fsp3) is 0.632. The van der Waals surface area contributed by atoms with E-state index in [0.29, 0.717) is 12.1 Å². The number of hydrogen-bond acceptors (Lipinski definition) is 3. The summed E-state index contributed by atoms with van der Waals surface area (Å²) < 4.78 is 1.92. The lowest BCUT2D eigenvalue weighted by Gasteiger charge is -2.29. The second-order valence-electron chi connectivity index (χ2n) is 7.60. The molecule has 128 valence electrons. The number of carbonyl (C=O) groups excluding carboxylic acids is 1. The van der Waals surface area contributed by atoms with Crippen LogP contribution in [0.5, 0.6) is 0 Å². The van der Waals surface area contributed by atoms with Gasteiger partial charge in [0.25, 0.3) is 5.91 Å². The maximum atomic E-state index is 13.3. The first-order valence-electron chi connectivity index (χ1n) is 9.24. The molecular weight excluding hydrogens is 300 g/mol. The van der Waals surface area contributed by atoms with Gasteiger partial charge in [0.2, 0.25) is 0 Å². The standard InChI is InChI=1S/C19H26N4O/c1-12(2)23-18-14(11-20-23)10-17(13(3)21-18)19(24)22(16-8-9-16)15-6-4-5-7-15/h10-12,15-16H,4-9H2,1-3H3. The zero-order chi connectivity index (χ0) is 16.8. The Hall–Kier alpha value is -1.91. The predicted molar refractivity (Wildman–Crippen MR) is 94.1 cm³/mol. The van der Waals surface area contributed by atoms with Crippen LogP contribution in [0.4, 0.5) is 0 Å². The van der Waals surface area contributed by atoms with Gasteiger partial charge in [0.1, 0.15) is 0 Å². The third-order valence-electron chi connectivity index (χ3n) is 5.37. The van der Waals surface area contributed by atoms with E-state index < -0.39 is 0 Å². The SMILES string of the molecule is Cc1nc2c(cnn2C(C)C)cc1C(=O)N(C1CCCC1)C1CC1. The van der Waals surface area contributed by atoms with Gasteiger partial charge in [-0.25, -0.2) is 9.67 Å². The topological polar surface area (TPSA) is 51.0 Å². The number of aromatic nitrogens is 3. The maximum Gasteiger partial charge on any atom is 0.256 e. The van der Waals surface area contributed by atoms with Gasteiger partial charge in [0, 0.05) is 23.5 Å². The number of carbonyl (C=O) groups is 1. The number of pyridine rings is 1. The van der Waals surface area contributed by atoms with Crippen molar-refractivity contribution >= 4 is 16.9 Å². The average molecular weight is 326 g/mol. The van der Waals surface area contributed by atoms with Gasteiger partial charge >= 0.3 is 0 Å². The van der Waals surface area contributed by atoms with E-state index >= 15 is 0 Å². The summed E-state index contributed by atoms with van der Waals surface area (Å²) in [6.07, 6.45) is 8.95. The fourth-order valence-electron chi connectivity index (χ4n) is 3.96. The van der Waals surface area contributed by atoms with E-state index in [-0.39, 0.29) is 11.9 Å². The normalized spacial score (nSPS) is 18.7. The summed E-state index contributed by atoms with van der Waals surface area (Å²) >= 11 is 0. The molecule has 0 N–H and O–H groups in total. The van der Waals surface area contributed by atoms with Crippen molar-refractivity contribution in [3.05, 3.63) is 23.5 Å². The van der Waals surface area contributed by atoms with Crippen LogP contribution in [-0.2, 0) is 0 Å². The Labute approximate surface area is 143 Å². The van der Waals surface area contributed by atoms with Crippen LogP contribution in [0.25, 0.3) is 11.0 Å². The van der Waals surface area contributed by atoms with Gasteiger partial charge < -0.3 is 4.90 Å². The highest BCUT2D eigenvalue weighted by Gasteiger charge is 2.39. The van der Waals surface area contributed by atoms with Crippen LogP contribution in [-0.4, -0.2) is 37.7 Å². The monoisotopic (exact) mass is 326 g/mol. The van der Waals surface area contributed by atoms with Crippen LogP contribution in [0, 0.1) is 6.92 Å². The smallest absolute Gasteiger partial charge is 0.256 e. The van der Waals surface area contributed by atoms with Crippen LogP contribution >= 0.6 is 0 Å². The Morgan fingerprint density at radius 2 is 1.88 bits per heavy atom. The molecule has 0 atom stereocenters. The van der Waals surface area contributed by atoms with Crippen molar-refractivity contribution in [2.75, 3.05) is 0 Å². The minimum absolute atomic E-state index is 0.175. The molecule has 5 nitrogen and oxygen atoms in total. The van der Waals surface area contributed by atoms with E-state index in [4.69, 9.17) is 4.98 Å². The molecule has 2 aromatic rings. The fourth-order valence-corrected chi connectivity index (χ4v) is 3.96. The number of hydrogen-bond donors (Lipinski definition) is 0. The minimum atomic E-state index is 0.175. The lowest BCUT2D eigenvalue weighted by Crippen LogP contribution is -2.41. The molecule has 0 bridgehead atoms. The first-order chi connectivity index (χ1) is 11.6. The molecule has 2 fully saturated rings. The van der Waals surface area contributed by atoms with Crippen molar-refractivity contribution in [3.63, 3.8) is 0 Å². The summed E-state index contributed by atoms with van der Waals surface area (Å²) in [7, 11) is 0. The molecule has 0 aromatic carbocycles. The van der Waals surface area contributed by atoms with Gasteiger partial charge in [0.05, 0.1) is 17.5 Å². The molecule has 0 radical (unpaired) electrons. The Morgan fingerprint density at radius 3 is 2.50 bits per heavy atom. The van der Waals surface area contributed by atoms with E-state index in [1.54, 1.807) is 0 Å². The van der Waals surface area contributed by atoms with Crippen molar-refractivity contribution in [2.45, 2.75) is 77.4 Å². The quantitative estimate of drug-likeness (QED) is 0.857. The third-order valence-corrected chi connectivity index (χ3v) is 5.37. The summed E-state index contributed by atoms with van der Waals surface area (Å²) in [4.78, 5) is 20.2. The van der Waals surface area contributed by atoms with Crippen molar-refractivity contribution in [1.29, 1.82) is 0 Å². The summed E-state index contributed by atoms with van der Waals surface area (Å²) in [5.41, 5.74) is 2.45. The molecule has 2 aliphatic rings. The van der Waals surface area contributed by atoms with E-state index in [2.05, 4.69) is 23.8 Å². The Balaban J connectivity index is 1.72. The van der Waals surface area contributed by atoms with Crippen molar-refractivity contribution in [2.24, 2.45) is 0 Å². The molecule has 5 heteroatoms. The van der Waals surface area contributed by atoms with Crippen LogP contribution in [0.3, 0.4) is 0 Å². The van der Waals surface area contributed by atoms with Crippen molar-refractivity contribution in [3.8, 4) is 0 Å². The molecule has 0 unspecified atom stereocenters. The second-order valence-corrected chi connectivity index (χ2v) is 7.60. The summed E-state index contributed by atoms with van der Waals surface area (Å²) in [6, 6.07) is 3.14. The highest BCUT2D eigenvalue weighted by molar-refractivity contribution is 5.98. The summed E-state index contributed by atoms with van der Waals surface area (Å²) in [5.74, 6) is 0.175. The van der Waals surface area contributed by atoms with Gasteiger partial charge in [-0.1, -0.05) is 12.8 Å². The number of amides is 1. The van der Waals surface area contributed by atoms with E-state index in [1.807, 2.05) is 23.9 Å². The van der Waals surface area contributed by atoms with E-state index in [9.17, 15) is 4.79 Å². The molecule has 0 aliphatic heterocycles. The lowest BCUT2D eigenvalue weighted by atomic mass is 10.1. The van der Waals surface area contributed by atoms with Gasteiger partial charge in [-0.3, -0.25) is 4.79 Å². The Morgan fingerprint density at radius 1 is 1.21 bits per heavy atom. The molecule has 0 saturated heterocycles. The number of fused-ring (bicyclic) bond motifs is 1. The average Bonchev–Trinajstić information content (AvgIpc) is 3.07. The highest BCUT2D eigenvalue weighted by atomic mass is 16.2. The second kappa shape index (κ2) is 5.87. The molecular formula is C19H26N4O. The van der Waals surface area contributed by atoms with Crippen LogP contribution in [0.15, 0.2) is 12.3 Å². The zero-order valence-corrected chi connectivity index (χ0v) is 14.8. The molecule has 4 rings (SSSR count). The predicted octanol–water partition coefficient (Wildman–Crippen LogP) is 3.87. The largest absolute Gasteiger partial charge is 0.333 e. The van der Waals surface area contributed by atoms with Crippen LogP contribution < -0.4 is 0 Å².